The van der Waals surface area contributed by atoms with Gasteiger partial charge in [0, 0.05) is 12.1 Å². The van der Waals surface area contributed by atoms with Crippen LogP contribution in [0.4, 0.5) is 23.2 Å². The first-order valence-electron chi connectivity index (χ1n) is 6.43. The Morgan fingerprint density at radius 1 is 0.952 bits per heavy atom. The summed E-state index contributed by atoms with van der Waals surface area (Å²) in [6, 6.07) is 6.56. The van der Waals surface area contributed by atoms with Crippen LogP contribution in [0.1, 0.15) is 29.6 Å². The molecule has 2 unspecified atom stereocenters. The number of anilines is 1. The first-order chi connectivity index (χ1) is 9.99. The minimum atomic E-state index is -1.44. The Labute approximate surface area is 118 Å². The fraction of sp³-hybridized carbons (Fsp3) is 0.200. The third-order valence-electron chi connectivity index (χ3n) is 3.69. The highest BCUT2D eigenvalue weighted by atomic mass is 19.2. The third-order valence-corrected chi connectivity index (χ3v) is 3.69. The van der Waals surface area contributed by atoms with Crippen LogP contribution in [0, 0.1) is 23.3 Å². The van der Waals surface area contributed by atoms with Crippen molar-refractivity contribution in [2.75, 3.05) is 5.32 Å². The summed E-state index contributed by atoms with van der Waals surface area (Å²) < 4.78 is 53.8. The molecule has 2 aromatic carbocycles. The van der Waals surface area contributed by atoms with E-state index in [4.69, 9.17) is 5.73 Å². The maximum absolute atomic E-state index is 13.7. The Morgan fingerprint density at radius 2 is 1.52 bits per heavy atom. The minimum absolute atomic E-state index is 0.185. The summed E-state index contributed by atoms with van der Waals surface area (Å²) in [5.74, 6) is -5.75. The van der Waals surface area contributed by atoms with Gasteiger partial charge in [-0.1, -0.05) is 24.3 Å². The molecule has 0 aliphatic heterocycles. The molecule has 3 N–H and O–H groups in total. The van der Waals surface area contributed by atoms with Crippen LogP contribution in [0.2, 0.25) is 0 Å². The predicted octanol–water partition coefficient (Wildman–Crippen LogP) is 3.80. The van der Waals surface area contributed by atoms with Gasteiger partial charge in [0.2, 0.25) is 0 Å². The summed E-state index contributed by atoms with van der Waals surface area (Å²) in [7, 11) is 0. The minimum Gasteiger partial charge on any atom is -0.373 e. The van der Waals surface area contributed by atoms with E-state index in [1.165, 1.54) is 0 Å². The molecule has 2 aromatic rings. The van der Waals surface area contributed by atoms with Crippen LogP contribution in [0.5, 0.6) is 0 Å². The van der Waals surface area contributed by atoms with Gasteiger partial charge in [-0.25, -0.2) is 17.6 Å². The highest BCUT2D eigenvalue weighted by Gasteiger charge is 2.30. The fourth-order valence-electron chi connectivity index (χ4n) is 2.68. The lowest BCUT2D eigenvalue weighted by atomic mass is 10.1. The van der Waals surface area contributed by atoms with E-state index in [0.717, 1.165) is 11.1 Å². The monoisotopic (exact) mass is 296 g/mol. The van der Waals surface area contributed by atoms with Crippen molar-refractivity contribution >= 4 is 5.69 Å². The first-order valence-corrected chi connectivity index (χ1v) is 6.43. The van der Waals surface area contributed by atoms with Crippen LogP contribution in [-0.4, -0.2) is 0 Å². The molecule has 1 aliphatic rings. The van der Waals surface area contributed by atoms with Gasteiger partial charge in [0.15, 0.2) is 23.3 Å². The third kappa shape index (κ3) is 2.25. The number of benzene rings is 2. The highest BCUT2D eigenvalue weighted by molar-refractivity contribution is 5.51. The molecular formula is C15H12F4N2. The van der Waals surface area contributed by atoms with Crippen LogP contribution < -0.4 is 11.1 Å². The molecular weight excluding hydrogens is 284 g/mol. The fourth-order valence-corrected chi connectivity index (χ4v) is 2.68. The summed E-state index contributed by atoms with van der Waals surface area (Å²) in [5, 5.41) is 2.54. The van der Waals surface area contributed by atoms with Crippen molar-refractivity contribution < 1.29 is 17.6 Å². The van der Waals surface area contributed by atoms with Gasteiger partial charge in [0.05, 0.1) is 6.04 Å². The molecule has 1 aliphatic carbocycles. The number of halogens is 4. The number of fused-ring (bicyclic) bond motifs is 1. The number of nitrogens with one attached hydrogen (secondary N) is 1. The number of hydrogen-bond acceptors (Lipinski definition) is 2. The Balaban J connectivity index is 2.00. The van der Waals surface area contributed by atoms with Gasteiger partial charge in [-0.2, -0.15) is 0 Å². The van der Waals surface area contributed by atoms with Gasteiger partial charge in [-0.3, -0.25) is 0 Å². The second-order valence-corrected chi connectivity index (χ2v) is 5.01. The smallest absolute Gasteiger partial charge is 0.185 e. The van der Waals surface area contributed by atoms with E-state index < -0.39 is 35.0 Å². The molecule has 0 fully saturated rings. The largest absolute Gasteiger partial charge is 0.373 e. The van der Waals surface area contributed by atoms with Crippen molar-refractivity contribution in [3.63, 3.8) is 0 Å². The van der Waals surface area contributed by atoms with Crippen LogP contribution in [0.15, 0.2) is 30.3 Å². The average molecular weight is 296 g/mol. The molecule has 110 valence electrons. The molecule has 0 radical (unpaired) electrons. The summed E-state index contributed by atoms with van der Waals surface area (Å²) in [6.07, 6.45) is 0.385. The molecule has 0 saturated heterocycles. The van der Waals surface area contributed by atoms with Gasteiger partial charge < -0.3 is 11.1 Å². The van der Waals surface area contributed by atoms with Crippen molar-refractivity contribution in [2.24, 2.45) is 5.73 Å². The second kappa shape index (κ2) is 5.04. The molecule has 21 heavy (non-hydrogen) atoms. The Hall–Kier alpha value is -2.08. The Morgan fingerprint density at radius 3 is 2.14 bits per heavy atom. The topological polar surface area (TPSA) is 38.0 Å². The van der Waals surface area contributed by atoms with E-state index in [9.17, 15) is 17.6 Å². The molecule has 0 amide bonds. The zero-order valence-electron chi connectivity index (χ0n) is 10.8. The summed E-state index contributed by atoms with van der Waals surface area (Å²) in [6.45, 7) is 0. The van der Waals surface area contributed by atoms with Crippen LogP contribution >= 0.6 is 0 Å². The molecule has 0 spiro atoms. The van der Waals surface area contributed by atoms with E-state index in [2.05, 4.69) is 5.32 Å². The molecule has 0 bridgehead atoms. The lowest BCUT2D eigenvalue weighted by molar-refractivity contribution is 0.456. The van der Waals surface area contributed by atoms with Crippen LogP contribution in [0.3, 0.4) is 0 Å². The summed E-state index contributed by atoms with van der Waals surface area (Å²) in [5.41, 5.74) is 6.77. The second-order valence-electron chi connectivity index (χ2n) is 5.01. The molecule has 0 heterocycles. The quantitative estimate of drug-likeness (QED) is 0.653. The van der Waals surface area contributed by atoms with E-state index in [1.807, 2.05) is 12.1 Å². The lowest BCUT2D eigenvalue weighted by Crippen LogP contribution is -2.13. The van der Waals surface area contributed by atoms with Crippen LogP contribution in [-0.2, 0) is 0 Å². The average Bonchev–Trinajstić information content (AvgIpc) is 2.79. The van der Waals surface area contributed by atoms with Gasteiger partial charge in [0.1, 0.15) is 5.69 Å². The maximum Gasteiger partial charge on any atom is 0.185 e. The molecule has 2 atom stereocenters. The van der Waals surface area contributed by atoms with Gasteiger partial charge in [-0.05, 0) is 17.5 Å². The summed E-state index contributed by atoms with van der Waals surface area (Å²) in [4.78, 5) is 0. The molecule has 6 heteroatoms. The highest BCUT2D eigenvalue weighted by Crippen LogP contribution is 2.40. The van der Waals surface area contributed by atoms with Gasteiger partial charge in [-0.15, -0.1) is 0 Å². The molecule has 0 aromatic heterocycles. The van der Waals surface area contributed by atoms with Crippen molar-refractivity contribution in [3.8, 4) is 0 Å². The van der Waals surface area contributed by atoms with Crippen molar-refractivity contribution in [1.29, 1.82) is 0 Å². The van der Waals surface area contributed by atoms with E-state index in [0.29, 0.717) is 6.42 Å². The predicted molar refractivity (Wildman–Crippen MR) is 70.6 cm³/mol. The normalized spacial score (nSPS) is 20.4. The zero-order chi connectivity index (χ0) is 15.1. The molecule has 3 rings (SSSR count). The van der Waals surface area contributed by atoms with E-state index in [1.54, 1.807) is 12.1 Å². The summed E-state index contributed by atoms with van der Waals surface area (Å²) >= 11 is 0. The number of rotatable bonds is 2. The van der Waals surface area contributed by atoms with Crippen LogP contribution in [0.25, 0.3) is 0 Å². The number of hydrogen-bond donors (Lipinski definition) is 2. The SMILES string of the molecule is NC1CC(Nc2c(F)c(F)cc(F)c2F)c2ccccc21. The number of nitrogens with two attached hydrogens (primary N) is 1. The Kier molecular flexibility index (Phi) is 3.33. The van der Waals surface area contributed by atoms with Crippen molar-refractivity contribution in [2.45, 2.75) is 18.5 Å². The maximum atomic E-state index is 13.7. The molecule has 0 saturated carbocycles. The molecule has 2 nitrogen and oxygen atoms in total. The van der Waals surface area contributed by atoms with Crippen molar-refractivity contribution in [3.05, 3.63) is 64.7 Å². The van der Waals surface area contributed by atoms with Gasteiger partial charge in [0.25, 0.3) is 0 Å². The van der Waals surface area contributed by atoms with E-state index in [-0.39, 0.29) is 12.1 Å². The van der Waals surface area contributed by atoms with Crippen molar-refractivity contribution in [1.82, 2.24) is 0 Å². The Bertz CT molecular complexity index is 676. The zero-order valence-corrected chi connectivity index (χ0v) is 10.8. The standard InChI is InChI=1S/C15H12F4N2/c16-9-5-10(17)14(19)15(13(9)18)21-12-6-11(20)7-3-1-2-4-8(7)12/h1-5,11-12,21H,6,20H2. The van der Waals surface area contributed by atoms with Gasteiger partial charge >= 0.3 is 0 Å². The van der Waals surface area contributed by atoms with E-state index >= 15 is 0 Å². The first kappa shape index (κ1) is 13.9. The lowest BCUT2D eigenvalue weighted by Gasteiger charge is -2.17.